The summed E-state index contributed by atoms with van der Waals surface area (Å²) in [5.41, 5.74) is 3.47. The lowest BCUT2D eigenvalue weighted by atomic mass is 10.1. The van der Waals surface area contributed by atoms with E-state index in [0.29, 0.717) is 18.2 Å². The second kappa shape index (κ2) is 9.20. The van der Waals surface area contributed by atoms with Gasteiger partial charge in [0.25, 0.3) is 5.91 Å². The van der Waals surface area contributed by atoms with Crippen LogP contribution in [0.1, 0.15) is 21.5 Å². The zero-order valence-corrected chi connectivity index (χ0v) is 18.3. The smallest absolute Gasteiger partial charge is 0.258 e. The third kappa shape index (κ3) is 4.78. The molecule has 0 bridgehead atoms. The molecule has 1 heterocycles. The molecule has 1 aromatic heterocycles. The van der Waals surface area contributed by atoms with Gasteiger partial charge in [0.15, 0.2) is 0 Å². The van der Waals surface area contributed by atoms with Crippen molar-refractivity contribution >= 4 is 45.9 Å². The largest absolute Gasteiger partial charge is 0.365 e. The van der Waals surface area contributed by atoms with E-state index < -0.39 is 11.7 Å². The van der Waals surface area contributed by atoms with Crippen LogP contribution < -0.4 is 16.0 Å². The molecule has 0 radical (unpaired) electrons. The average Bonchev–Trinajstić information content (AvgIpc) is 2.78. The number of fused-ring (bicyclic) bond motifs is 1. The summed E-state index contributed by atoms with van der Waals surface area (Å²) in [5.74, 6) is 0.0755. The fraction of sp³-hybridized carbons (Fsp3) is 0.125. The van der Waals surface area contributed by atoms with Crippen molar-refractivity contribution < 1.29 is 9.18 Å². The van der Waals surface area contributed by atoms with E-state index in [4.69, 9.17) is 11.6 Å². The van der Waals surface area contributed by atoms with Gasteiger partial charge >= 0.3 is 0 Å². The molecule has 0 aliphatic carbocycles. The minimum Gasteiger partial charge on any atom is -0.365 e. The van der Waals surface area contributed by atoms with Crippen LogP contribution >= 0.6 is 11.6 Å². The Morgan fingerprint density at radius 2 is 1.81 bits per heavy atom. The van der Waals surface area contributed by atoms with Crippen molar-refractivity contribution in [3.05, 3.63) is 88.2 Å². The minimum atomic E-state index is -0.663. The van der Waals surface area contributed by atoms with Gasteiger partial charge in [-0.1, -0.05) is 35.4 Å². The van der Waals surface area contributed by atoms with Gasteiger partial charge in [-0.3, -0.25) is 4.79 Å². The van der Waals surface area contributed by atoms with E-state index in [-0.39, 0.29) is 10.6 Å². The van der Waals surface area contributed by atoms with E-state index in [0.717, 1.165) is 33.9 Å². The molecule has 6 nitrogen and oxygen atoms in total. The molecule has 0 aliphatic heterocycles. The van der Waals surface area contributed by atoms with E-state index in [9.17, 15) is 9.18 Å². The van der Waals surface area contributed by atoms with E-state index in [1.165, 1.54) is 12.1 Å². The lowest BCUT2D eigenvalue weighted by molar-refractivity contribution is 0.102. The van der Waals surface area contributed by atoms with E-state index in [1.54, 1.807) is 19.2 Å². The summed E-state index contributed by atoms with van der Waals surface area (Å²) in [5, 5.41) is 10.2. The van der Waals surface area contributed by atoms with Crippen LogP contribution in [-0.4, -0.2) is 22.9 Å². The third-order valence-corrected chi connectivity index (χ3v) is 5.16. The summed E-state index contributed by atoms with van der Waals surface area (Å²) >= 11 is 5.74. The van der Waals surface area contributed by atoms with Crippen LogP contribution in [0.5, 0.6) is 0 Å². The number of carbonyl (C=O) groups excluding carboxylic acids is 1. The number of nitrogens with zero attached hydrogens (tertiary/aromatic N) is 2. The monoisotopic (exact) mass is 449 g/mol. The summed E-state index contributed by atoms with van der Waals surface area (Å²) < 4.78 is 14.0. The fourth-order valence-electron chi connectivity index (χ4n) is 3.25. The first-order chi connectivity index (χ1) is 15.4. The molecule has 4 rings (SSSR count). The molecule has 0 fully saturated rings. The van der Waals surface area contributed by atoms with Crippen LogP contribution in [0.4, 0.5) is 21.8 Å². The molecule has 0 aliphatic rings. The summed E-state index contributed by atoms with van der Waals surface area (Å²) in [4.78, 5) is 21.4. The summed E-state index contributed by atoms with van der Waals surface area (Å²) in [6, 6.07) is 17.3. The Bertz CT molecular complexity index is 1290. The minimum absolute atomic E-state index is 0.0635. The number of aromatic nitrogens is 2. The number of hydrogen-bond donors (Lipinski definition) is 3. The van der Waals surface area contributed by atoms with Gasteiger partial charge in [-0.25, -0.2) is 9.37 Å². The molecule has 0 saturated heterocycles. The Hall–Kier alpha value is -3.71. The first-order valence-electron chi connectivity index (χ1n) is 9.98. The lowest BCUT2D eigenvalue weighted by Gasteiger charge is -2.12. The Morgan fingerprint density at radius 1 is 1.03 bits per heavy atom. The summed E-state index contributed by atoms with van der Waals surface area (Å²) in [7, 11) is 1.78. The van der Waals surface area contributed by atoms with Crippen LogP contribution in [0.2, 0.25) is 5.02 Å². The van der Waals surface area contributed by atoms with Crippen LogP contribution in [0.15, 0.2) is 60.7 Å². The van der Waals surface area contributed by atoms with Crippen molar-refractivity contribution in [1.29, 1.82) is 0 Å². The van der Waals surface area contributed by atoms with Gasteiger partial charge in [0, 0.05) is 29.7 Å². The zero-order valence-electron chi connectivity index (χ0n) is 17.5. The molecule has 0 spiro atoms. The molecule has 4 aromatic rings. The Kier molecular flexibility index (Phi) is 6.18. The first-order valence-corrected chi connectivity index (χ1v) is 10.4. The Labute approximate surface area is 189 Å². The van der Waals surface area contributed by atoms with E-state index >= 15 is 0 Å². The number of hydrogen-bond acceptors (Lipinski definition) is 5. The van der Waals surface area contributed by atoms with Gasteiger partial charge in [-0.15, -0.1) is 0 Å². The molecule has 0 unspecified atom stereocenters. The zero-order chi connectivity index (χ0) is 22.7. The summed E-state index contributed by atoms with van der Waals surface area (Å²) in [6.45, 7) is 2.56. The summed E-state index contributed by atoms with van der Waals surface area (Å²) in [6.07, 6.45) is 0. The van der Waals surface area contributed by atoms with Crippen molar-refractivity contribution in [3.63, 3.8) is 0 Å². The predicted octanol–water partition coefficient (Wildman–Crippen LogP) is 5.64. The number of halogens is 2. The maximum absolute atomic E-state index is 14.0. The molecular weight excluding hydrogens is 429 g/mol. The van der Waals surface area contributed by atoms with E-state index in [2.05, 4.69) is 25.9 Å². The number of amides is 1. The molecule has 3 aromatic carbocycles. The van der Waals surface area contributed by atoms with Gasteiger partial charge in [0.05, 0.1) is 11.1 Å². The van der Waals surface area contributed by atoms with Crippen molar-refractivity contribution in [2.75, 3.05) is 23.0 Å². The number of anilines is 3. The molecule has 0 atom stereocenters. The highest BCUT2D eigenvalue weighted by Crippen LogP contribution is 2.24. The van der Waals surface area contributed by atoms with Crippen molar-refractivity contribution in [1.82, 2.24) is 9.97 Å². The van der Waals surface area contributed by atoms with Gasteiger partial charge in [0.2, 0.25) is 5.95 Å². The number of rotatable bonds is 6. The van der Waals surface area contributed by atoms with Gasteiger partial charge in [-0.2, -0.15) is 4.98 Å². The number of nitrogens with one attached hydrogen (secondary N) is 3. The van der Waals surface area contributed by atoms with Gasteiger partial charge in [-0.05, 0) is 55.0 Å². The third-order valence-electron chi connectivity index (χ3n) is 4.92. The van der Waals surface area contributed by atoms with Gasteiger partial charge in [0.1, 0.15) is 11.6 Å². The number of benzene rings is 3. The molecule has 32 heavy (non-hydrogen) atoms. The first kappa shape index (κ1) is 21.5. The molecule has 0 saturated carbocycles. The molecule has 8 heteroatoms. The topological polar surface area (TPSA) is 78.9 Å². The quantitative estimate of drug-likeness (QED) is 0.355. The normalized spacial score (nSPS) is 10.8. The highest BCUT2D eigenvalue weighted by atomic mass is 35.5. The second-order valence-corrected chi connectivity index (χ2v) is 7.73. The highest BCUT2D eigenvalue weighted by Gasteiger charge is 2.12. The maximum atomic E-state index is 14.0. The molecule has 1 amide bonds. The van der Waals surface area contributed by atoms with Crippen molar-refractivity contribution in [2.45, 2.75) is 13.5 Å². The second-order valence-electron chi connectivity index (χ2n) is 7.30. The fourth-order valence-corrected chi connectivity index (χ4v) is 3.41. The van der Waals surface area contributed by atoms with Crippen molar-refractivity contribution in [2.24, 2.45) is 0 Å². The molecular formula is C24H21ClFN5O. The SMILES string of the molecule is CNc1nc(NCc2ccc(NC(=O)c3ccc(Cl)cc3F)cc2)c2cc(C)ccc2n1. The molecule has 3 N–H and O–H groups in total. The Morgan fingerprint density at radius 3 is 2.53 bits per heavy atom. The number of aryl methyl sites for hydroxylation is 1. The standard InChI is InChI=1S/C24H21ClFN5O/c1-14-3-10-21-19(11-14)22(31-24(27-2)30-21)28-13-15-4-7-17(8-5-15)29-23(32)18-9-6-16(25)12-20(18)26/h3-12H,13H2,1-2H3,(H,29,32)(H2,27,28,30,31). The number of carbonyl (C=O) groups is 1. The van der Waals surface area contributed by atoms with Crippen LogP contribution in [-0.2, 0) is 6.54 Å². The maximum Gasteiger partial charge on any atom is 0.258 e. The van der Waals surface area contributed by atoms with Crippen LogP contribution in [0.3, 0.4) is 0 Å². The average molecular weight is 450 g/mol. The predicted molar refractivity (Wildman–Crippen MR) is 127 cm³/mol. The van der Waals surface area contributed by atoms with Crippen LogP contribution in [0.25, 0.3) is 10.9 Å². The Balaban J connectivity index is 1.46. The van der Waals surface area contributed by atoms with Crippen molar-refractivity contribution in [3.8, 4) is 0 Å². The van der Waals surface area contributed by atoms with Gasteiger partial charge < -0.3 is 16.0 Å². The lowest BCUT2D eigenvalue weighted by Crippen LogP contribution is -2.13. The van der Waals surface area contributed by atoms with Crippen LogP contribution in [0, 0.1) is 12.7 Å². The molecule has 162 valence electrons. The van der Waals surface area contributed by atoms with E-state index in [1.807, 2.05) is 37.3 Å². The highest BCUT2D eigenvalue weighted by molar-refractivity contribution is 6.30.